The van der Waals surface area contributed by atoms with E-state index in [4.69, 9.17) is 4.74 Å². The summed E-state index contributed by atoms with van der Waals surface area (Å²) in [5.74, 6) is -1.03. The second-order valence-electron chi connectivity index (χ2n) is 8.60. The van der Waals surface area contributed by atoms with Gasteiger partial charge in [0, 0.05) is 13.1 Å². The minimum absolute atomic E-state index is 0.00380. The van der Waals surface area contributed by atoms with Gasteiger partial charge >= 0.3 is 12.1 Å². The van der Waals surface area contributed by atoms with Gasteiger partial charge in [-0.3, -0.25) is 4.79 Å². The maximum atomic E-state index is 12.0. The number of rotatable bonds is 2. The van der Waals surface area contributed by atoms with E-state index >= 15 is 0 Å². The normalized spacial score (nSPS) is 29.8. The SMILES string of the molecule is CC1(C)CCC(O)(C2(C(=O)O)CN(C(=O)OC(C)(C)C)C2)C1. The summed E-state index contributed by atoms with van der Waals surface area (Å²) in [5, 5.41) is 20.6. The third-order valence-corrected chi connectivity index (χ3v) is 4.86. The summed E-state index contributed by atoms with van der Waals surface area (Å²) < 4.78 is 5.26. The highest BCUT2D eigenvalue weighted by atomic mass is 16.6. The number of likely N-dealkylation sites (tertiary alicyclic amines) is 1. The molecule has 0 aromatic heterocycles. The maximum absolute atomic E-state index is 12.0. The fraction of sp³-hybridized carbons (Fsp3) is 0.875. The molecule has 1 atom stereocenters. The smallest absolute Gasteiger partial charge is 0.410 e. The lowest BCUT2D eigenvalue weighted by atomic mass is 9.64. The number of nitrogens with zero attached hydrogens (tertiary/aromatic N) is 1. The molecule has 1 amide bonds. The molecule has 22 heavy (non-hydrogen) atoms. The van der Waals surface area contributed by atoms with Crippen molar-refractivity contribution in [3.63, 3.8) is 0 Å². The first-order valence-corrected chi connectivity index (χ1v) is 7.74. The number of carboxylic acid groups (broad SMARTS) is 1. The molecule has 1 saturated carbocycles. The van der Waals surface area contributed by atoms with E-state index in [0.29, 0.717) is 12.8 Å². The number of hydrogen-bond donors (Lipinski definition) is 2. The molecular weight excluding hydrogens is 286 g/mol. The Bertz CT molecular complexity index is 487. The Balaban J connectivity index is 2.12. The van der Waals surface area contributed by atoms with Crippen LogP contribution in [-0.4, -0.2) is 51.5 Å². The number of aliphatic hydroxyl groups is 1. The molecule has 0 bridgehead atoms. The Labute approximate surface area is 131 Å². The summed E-state index contributed by atoms with van der Waals surface area (Å²) in [6, 6.07) is 0. The number of ether oxygens (including phenoxy) is 1. The Kier molecular flexibility index (Phi) is 3.76. The minimum atomic E-state index is -1.28. The molecule has 0 aromatic rings. The van der Waals surface area contributed by atoms with E-state index in [2.05, 4.69) is 0 Å². The fourth-order valence-electron chi connectivity index (χ4n) is 3.61. The lowest BCUT2D eigenvalue weighted by Gasteiger charge is -2.54. The fourth-order valence-corrected chi connectivity index (χ4v) is 3.61. The molecule has 2 fully saturated rings. The average Bonchev–Trinajstić information content (AvgIpc) is 2.48. The number of carboxylic acids is 1. The monoisotopic (exact) mass is 313 g/mol. The standard InChI is InChI=1S/C16H27NO5/c1-13(2,3)22-12(20)17-9-15(10-17,11(18)19)16(21)7-6-14(4,5)8-16/h21H,6-10H2,1-5H3,(H,18,19). The van der Waals surface area contributed by atoms with Crippen molar-refractivity contribution in [1.29, 1.82) is 0 Å². The van der Waals surface area contributed by atoms with Crippen molar-refractivity contribution in [2.45, 2.75) is 65.1 Å². The third-order valence-electron chi connectivity index (χ3n) is 4.86. The molecule has 1 aliphatic heterocycles. The first-order chi connectivity index (χ1) is 9.80. The van der Waals surface area contributed by atoms with Crippen LogP contribution in [0.2, 0.25) is 0 Å². The Hall–Kier alpha value is -1.30. The van der Waals surface area contributed by atoms with E-state index in [-0.39, 0.29) is 18.5 Å². The first kappa shape index (κ1) is 17.1. The largest absolute Gasteiger partial charge is 0.481 e. The van der Waals surface area contributed by atoms with E-state index in [1.807, 2.05) is 13.8 Å². The number of hydrogen-bond acceptors (Lipinski definition) is 4. The molecule has 6 nitrogen and oxygen atoms in total. The van der Waals surface area contributed by atoms with Gasteiger partial charge in [0.15, 0.2) is 0 Å². The Morgan fingerprint density at radius 1 is 1.14 bits per heavy atom. The van der Waals surface area contributed by atoms with Crippen LogP contribution < -0.4 is 0 Å². The highest BCUT2D eigenvalue weighted by Gasteiger charge is 2.66. The highest BCUT2D eigenvalue weighted by molar-refractivity contribution is 5.82. The number of carbonyl (C=O) groups excluding carboxylic acids is 1. The minimum Gasteiger partial charge on any atom is -0.481 e. The van der Waals surface area contributed by atoms with Crippen LogP contribution in [0.4, 0.5) is 4.79 Å². The number of amides is 1. The molecule has 1 aliphatic carbocycles. The lowest BCUT2D eigenvalue weighted by Crippen LogP contribution is -2.71. The molecule has 2 rings (SSSR count). The van der Waals surface area contributed by atoms with Gasteiger partial charge in [0.1, 0.15) is 11.0 Å². The second-order valence-corrected chi connectivity index (χ2v) is 8.60. The molecular formula is C16H27NO5. The van der Waals surface area contributed by atoms with Crippen LogP contribution in [-0.2, 0) is 9.53 Å². The van der Waals surface area contributed by atoms with Crippen LogP contribution in [0, 0.1) is 10.8 Å². The van der Waals surface area contributed by atoms with Gasteiger partial charge in [-0.25, -0.2) is 4.79 Å². The summed E-state index contributed by atoms with van der Waals surface area (Å²) in [7, 11) is 0. The summed E-state index contributed by atoms with van der Waals surface area (Å²) in [6.07, 6.45) is 1.15. The molecule has 2 N–H and O–H groups in total. The van der Waals surface area contributed by atoms with Crippen LogP contribution in [0.1, 0.15) is 53.9 Å². The van der Waals surface area contributed by atoms with E-state index in [9.17, 15) is 19.8 Å². The van der Waals surface area contributed by atoms with Crippen molar-refractivity contribution < 1.29 is 24.5 Å². The van der Waals surface area contributed by atoms with Gasteiger partial charge in [-0.15, -0.1) is 0 Å². The van der Waals surface area contributed by atoms with Crippen molar-refractivity contribution in [1.82, 2.24) is 4.90 Å². The topological polar surface area (TPSA) is 87.1 Å². The summed E-state index contributed by atoms with van der Waals surface area (Å²) in [5.41, 5.74) is -3.24. The predicted molar refractivity (Wildman–Crippen MR) is 80.5 cm³/mol. The van der Waals surface area contributed by atoms with Gasteiger partial charge in [0.05, 0.1) is 5.60 Å². The zero-order valence-corrected chi connectivity index (χ0v) is 14.1. The zero-order valence-electron chi connectivity index (χ0n) is 14.1. The molecule has 2 aliphatic rings. The molecule has 1 heterocycles. The maximum Gasteiger partial charge on any atom is 0.410 e. The van der Waals surface area contributed by atoms with Crippen LogP contribution >= 0.6 is 0 Å². The Morgan fingerprint density at radius 3 is 2.05 bits per heavy atom. The average molecular weight is 313 g/mol. The van der Waals surface area contributed by atoms with E-state index in [0.717, 1.165) is 6.42 Å². The molecule has 0 spiro atoms. The molecule has 0 radical (unpaired) electrons. The predicted octanol–water partition coefficient (Wildman–Crippen LogP) is 2.25. The van der Waals surface area contributed by atoms with Crippen molar-refractivity contribution in [3.05, 3.63) is 0 Å². The summed E-state index contributed by atoms with van der Waals surface area (Å²) in [4.78, 5) is 25.2. The molecule has 1 unspecified atom stereocenters. The van der Waals surface area contributed by atoms with Crippen molar-refractivity contribution >= 4 is 12.1 Å². The van der Waals surface area contributed by atoms with Crippen molar-refractivity contribution in [3.8, 4) is 0 Å². The summed E-state index contributed by atoms with van der Waals surface area (Å²) >= 11 is 0. The number of aliphatic carboxylic acids is 1. The lowest BCUT2D eigenvalue weighted by molar-refractivity contribution is -0.194. The summed E-state index contributed by atoms with van der Waals surface area (Å²) in [6.45, 7) is 9.37. The van der Waals surface area contributed by atoms with Gasteiger partial charge in [-0.2, -0.15) is 0 Å². The van der Waals surface area contributed by atoms with E-state index in [1.165, 1.54) is 4.90 Å². The molecule has 126 valence electrons. The van der Waals surface area contributed by atoms with Crippen LogP contribution in [0.25, 0.3) is 0 Å². The van der Waals surface area contributed by atoms with E-state index < -0.39 is 28.7 Å². The van der Waals surface area contributed by atoms with Gasteiger partial charge < -0.3 is 19.8 Å². The zero-order chi connectivity index (χ0) is 17.0. The Morgan fingerprint density at radius 2 is 1.68 bits per heavy atom. The van der Waals surface area contributed by atoms with Crippen LogP contribution in [0.3, 0.4) is 0 Å². The highest BCUT2D eigenvalue weighted by Crippen LogP contribution is 2.55. The van der Waals surface area contributed by atoms with E-state index in [1.54, 1.807) is 20.8 Å². The quantitative estimate of drug-likeness (QED) is 0.816. The van der Waals surface area contributed by atoms with Gasteiger partial charge in [0.2, 0.25) is 0 Å². The first-order valence-electron chi connectivity index (χ1n) is 7.74. The van der Waals surface area contributed by atoms with Gasteiger partial charge in [0.25, 0.3) is 0 Å². The van der Waals surface area contributed by atoms with Crippen LogP contribution in [0.5, 0.6) is 0 Å². The molecule has 0 aromatic carbocycles. The second kappa shape index (κ2) is 4.85. The van der Waals surface area contributed by atoms with Crippen LogP contribution in [0.15, 0.2) is 0 Å². The van der Waals surface area contributed by atoms with Gasteiger partial charge in [-0.1, -0.05) is 13.8 Å². The molecule has 1 saturated heterocycles. The molecule has 6 heteroatoms. The van der Waals surface area contributed by atoms with Gasteiger partial charge in [-0.05, 0) is 45.4 Å². The third kappa shape index (κ3) is 2.81. The number of carbonyl (C=O) groups is 2. The van der Waals surface area contributed by atoms with Crippen molar-refractivity contribution in [2.24, 2.45) is 10.8 Å². The van der Waals surface area contributed by atoms with Crippen molar-refractivity contribution in [2.75, 3.05) is 13.1 Å².